The van der Waals surface area contributed by atoms with Crippen molar-refractivity contribution in [1.82, 2.24) is 0 Å². The van der Waals surface area contributed by atoms with Crippen LogP contribution >= 0.6 is 0 Å². The van der Waals surface area contributed by atoms with Crippen molar-refractivity contribution in [3.63, 3.8) is 0 Å². The second kappa shape index (κ2) is 5.36. The zero-order valence-electron chi connectivity index (χ0n) is 11.3. The average Bonchev–Trinajstić information content (AvgIpc) is 2.41. The first kappa shape index (κ1) is 12.8. The normalized spacial score (nSPS) is 12.4. The standard InChI is InChI=1S/C17H20O/c1-4-14-6-5-7-15(11-14)17(18)16-10-12(2)8-9-13(16)3/h5-11,17-18H,4H2,1-3H3. The van der Waals surface area contributed by atoms with E-state index >= 15 is 0 Å². The van der Waals surface area contributed by atoms with E-state index in [2.05, 4.69) is 44.2 Å². The summed E-state index contributed by atoms with van der Waals surface area (Å²) < 4.78 is 0. The first-order valence-electron chi connectivity index (χ1n) is 6.46. The molecule has 0 aliphatic carbocycles. The van der Waals surface area contributed by atoms with Crippen LogP contribution in [0.1, 0.15) is 40.8 Å². The van der Waals surface area contributed by atoms with Crippen LogP contribution in [0.3, 0.4) is 0 Å². The highest BCUT2D eigenvalue weighted by Gasteiger charge is 2.13. The molecule has 0 spiro atoms. The van der Waals surface area contributed by atoms with Crippen LogP contribution in [0.2, 0.25) is 0 Å². The van der Waals surface area contributed by atoms with Crippen LogP contribution in [-0.2, 0) is 6.42 Å². The average molecular weight is 240 g/mol. The predicted octanol–water partition coefficient (Wildman–Crippen LogP) is 3.95. The molecular formula is C17H20O. The van der Waals surface area contributed by atoms with Gasteiger partial charge < -0.3 is 5.11 Å². The molecule has 2 aromatic carbocycles. The molecule has 2 rings (SSSR count). The van der Waals surface area contributed by atoms with Crippen molar-refractivity contribution in [2.45, 2.75) is 33.3 Å². The van der Waals surface area contributed by atoms with Crippen molar-refractivity contribution in [3.8, 4) is 0 Å². The monoisotopic (exact) mass is 240 g/mol. The van der Waals surface area contributed by atoms with Crippen LogP contribution in [0.15, 0.2) is 42.5 Å². The second-order valence-electron chi connectivity index (χ2n) is 4.86. The zero-order chi connectivity index (χ0) is 13.1. The number of aryl methyl sites for hydroxylation is 3. The Kier molecular flexibility index (Phi) is 3.83. The Morgan fingerprint density at radius 2 is 1.83 bits per heavy atom. The molecule has 0 bridgehead atoms. The van der Waals surface area contributed by atoms with Crippen LogP contribution < -0.4 is 0 Å². The molecule has 0 heterocycles. The highest BCUT2D eigenvalue weighted by molar-refractivity contribution is 5.38. The number of benzene rings is 2. The van der Waals surface area contributed by atoms with Crippen molar-refractivity contribution < 1.29 is 5.11 Å². The molecule has 1 atom stereocenters. The van der Waals surface area contributed by atoms with Gasteiger partial charge in [-0.15, -0.1) is 0 Å². The molecule has 0 aromatic heterocycles. The number of hydrogen-bond donors (Lipinski definition) is 1. The molecule has 0 saturated carbocycles. The maximum Gasteiger partial charge on any atom is 0.104 e. The topological polar surface area (TPSA) is 20.2 Å². The Bertz CT molecular complexity index is 543. The summed E-state index contributed by atoms with van der Waals surface area (Å²) in [4.78, 5) is 0. The lowest BCUT2D eigenvalue weighted by atomic mass is 9.94. The van der Waals surface area contributed by atoms with E-state index in [9.17, 15) is 5.11 Å². The molecule has 1 heteroatoms. The van der Waals surface area contributed by atoms with Gasteiger partial charge in [0.1, 0.15) is 6.10 Å². The number of hydrogen-bond acceptors (Lipinski definition) is 1. The summed E-state index contributed by atoms with van der Waals surface area (Å²) in [5.41, 5.74) is 5.56. The molecule has 0 aliphatic rings. The van der Waals surface area contributed by atoms with Gasteiger partial charge in [-0.25, -0.2) is 0 Å². The highest BCUT2D eigenvalue weighted by Crippen LogP contribution is 2.26. The van der Waals surface area contributed by atoms with Gasteiger partial charge in [0, 0.05) is 0 Å². The Hall–Kier alpha value is -1.60. The molecule has 1 N–H and O–H groups in total. The molecule has 0 amide bonds. The Morgan fingerprint density at radius 3 is 2.56 bits per heavy atom. The summed E-state index contributed by atoms with van der Waals surface area (Å²) in [7, 11) is 0. The Balaban J connectivity index is 2.40. The third-order valence-electron chi connectivity index (χ3n) is 3.40. The number of aliphatic hydroxyl groups excluding tert-OH is 1. The lowest BCUT2D eigenvalue weighted by Crippen LogP contribution is -2.03. The maximum atomic E-state index is 10.5. The third-order valence-corrected chi connectivity index (χ3v) is 3.40. The van der Waals surface area contributed by atoms with E-state index < -0.39 is 6.10 Å². The van der Waals surface area contributed by atoms with Gasteiger partial charge in [0.25, 0.3) is 0 Å². The fraction of sp³-hybridized carbons (Fsp3) is 0.294. The largest absolute Gasteiger partial charge is 0.384 e. The summed E-state index contributed by atoms with van der Waals surface area (Å²) in [5, 5.41) is 10.5. The van der Waals surface area contributed by atoms with Gasteiger partial charge in [-0.3, -0.25) is 0 Å². The Labute approximate surface area is 109 Å². The zero-order valence-corrected chi connectivity index (χ0v) is 11.3. The van der Waals surface area contributed by atoms with Crippen molar-refractivity contribution in [1.29, 1.82) is 0 Å². The summed E-state index contributed by atoms with van der Waals surface area (Å²) >= 11 is 0. The van der Waals surface area contributed by atoms with Gasteiger partial charge in [-0.2, -0.15) is 0 Å². The van der Waals surface area contributed by atoms with Crippen LogP contribution in [0.5, 0.6) is 0 Å². The lowest BCUT2D eigenvalue weighted by Gasteiger charge is -2.15. The van der Waals surface area contributed by atoms with E-state index in [1.807, 2.05) is 19.1 Å². The molecule has 1 unspecified atom stereocenters. The fourth-order valence-electron chi connectivity index (χ4n) is 2.22. The van der Waals surface area contributed by atoms with Crippen LogP contribution in [0, 0.1) is 13.8 Å². The molecule has 18 heavy (non-hydrogen) atoms. The molecule has 0 aliphatic heterocycles. The molecule has 0 fully saturated rings. The molecule has 0 saturated heterocycles. The smallest absolute Gasteiger partial charge is 0.104 e. The van der Waals surface area contributed by atoms with Gasteiger partial charge in [0.05, 0.1) is 0 Å². The minimum Gasteiger partial charge on any atom is -0.384 e. The summed E-state index contributed by atoms with van der Waals surface area (Å²) in [6, 6.07) is 14.4. The maximum absolute atomic E-state index is 10.5. The third kappa shape index (κ3) is 2.62. The lowest BCUT2D eigenvalue weighted by molar-refractivity contribution is 0.219. The van der Waals surface area contributed by atoms with Crippen molar-refractivity contribution >= 4 is 0 Å². The first-order chi connectivity index (χ1) is 8.61. The summed E-state index contributed by atoms with van der Waals surface area (Å²) in [6.45, 7) is 6.23. The van der Waals surface area contributed by atoms with Gasteiger partial charge in [-0.05, 0) is 42.5 Å². The van der Waals surface area contributed by atoms with E-state index in [1.165, 1.54) is 11.1 Å². The van der Waals surface area contributed by atoms with Gasteiger partial charge in [0.15, 0.2) is 0 Å². The fourth-order valence-corrected chi connectivity index (χ4v) is 2.22. The SMILES string of the molecule is CCc1cccc(C(O)c2cc(C)ccc2C)c1. The minimum absolute atomic E-state index is 0.531. The molecular weight excluding hydrogens is 220 g/mol. The molecule has 1 nitrogen and oxygen atoms in total. The molecule has 0 radical (unpaired) electrons. The Morgan fingerprint density at radius 1 is 1.06 bits per heavy atom. The van der Waals surface area contributed by atoms with Gasteiger partial charge in [0.2, 0.25) is 0 Å². The second-order valence-corrected chi connectivity index (χ2v) is 4.86. The minimum atomic E-state index is -0.531. The van der Waals surface area contributed by atoms with Gasteiger partial charge in [-0.1, -0.05) is 55.0 Å². The van der Waals surface area contributed by atoms with E-state index in [4.69, 9.17) is 0 Å². The summed E-state index contributed by atoms with van der Waals surface area (Å²) in [5.74, 6) is 0. The molecule has 94 valence electrons. The van der Waals surface area contributed by atoms with E-state index in [0.717, 1.165) is 23.1 Å². The highest BCUT2D eigenvalue weighted by atomic mass is 16.3. The van der Waals surface area contributed by atoms with Crippen LogP contribution in [0.4, 0.5) is 0 Å². The quantitative estimate of drug-likeness (QED) is 0.861. The van der Waals surface area contributed by atoms with E-state index in [0.29, 0.717) is 0 Å². The van der Waals surface area contributed by atoms with Crippen molar-refractivity contribution in [3.05, 3.63) is 70.3 Å². The first-order valence-corrected chi connectivity index (χ1v) is 6.46. The summed E-state index contributed by atoms with van der Waals surface area (Å²) in [6.07, 6.45) is 0.462. The van der Waals surface area contributed by atoms with Crippen LogP contribution in [-0.4, -0.2) is 5.11 Å². The predicted molar refractivity (Wildman–Crippen MR) is 75.8 cm³/mol. The molecule has 2 aromatic rings. The van der Waals surface area contributed by atoms with Crippen molar-refractivity contribution in [2.24, 2.45) is 0 Å². The van der Waals surface area contributed by atoms with Crippen molar-refractivity contribution in [2.75, 3.05) is 0 Å². The van der Waals surface area contributed by atoms with Gasteiger partial charge >= 0.3 is 0 Å². The van der Waals surface area contributed by atoms with E-state index in [1.54, 1.807) is 0 Å². The van der Waals surface area contributed by atoms with Crippen LogP contribution in [0.25, 0.3) is 0 Å². The van der Waals surface area contributed by atoms with E-state index in [-0.39, 0.29) is 0 Å². The number of rotatable bonds is 3. The number of aliphatic hydroxyl groups is 1.